The van der Waals surface area contributed by atoms with Gasteiger partial charge in [0.1, 0.15) is 0 Å². The number of nitrogens with two attached hydrogens (primary N) is 1. The van der Waals surface area contributed by atoms with E-state index in [0.29, 0.717) is 6.04 Å². The van der Waals surface area contributed by atoms with Gasteiger partial charge in [0.15, 0.2) is 0 Å². The fourth-order valence-corrected chi connectivity index (χ4v) is 2.65. The Bertz CT molecular complexity index is 257. The lowest BCUT2D eigenvalue weighted by molar-refractivity contribution is -0.126. The van der Waals surface area contributed by atoms with Gasteiger partial charge in [0, 0.05) is 18.6 Å². The monoisotopic (exact) mass is 255 g/mol. The largest absolute Gasteiger partial charge is 0.355 e. The number of hydrogen-bond donors (Lipinski definition) is 2. The number of carbonyl (C=O) groups excluding carboxylic acids is 1. The molecular formula is C14H29N3O. The Morgan fingerprint density at radius 3 is 2.72 bits per heavy atom. The van der Waals surface area contributed by atoms with Crippen LogP contribution in [0, 0.1) is 0 Å². The third kappa shape index (κ3) is 4.25. The molecule has 0 aromatic rings. The first-order valence-electron chi connectivity index (χ1n) is 7.33. The first kappa shape index (κ1) is 15.4. The van der Waals surface area contributed by atoms with Crippen LogP contribution in [0.3, 0.4) is 0 Å². The molecule has 0 radical (unpaired) electrons. The molecule has 3 atom stereocenters. The first-order valence-corrected chi connectivity index (χ1v) is 7.33. The maximum Gasteiger partial charge on any atom is 0.237 e. The zero-order valence-corrected chi connectivity index (χ0v) is 12.1. The smallest absolute Gasteiger partial charge is 0.237 e. The van der Waals surface area contributed by atoms with Crippen molar-refractivity contribution in [2.24, 2.45) is 5.73 Å². The zero-order valence-electron chi connectivity index (χ0n) is 12.1. The Balaban J connectivity index is 2.43. The quantitative estimate of drug-likeness (QED) is 0.707. The second-order valence-corrected chi connectivity index (χ2v) is 5.50. The highest BCUT2D eigenvalue weighted by Crippen LogP contribution is 2.22. The molecule has 0 spiro atoms. The Kier molecular flexibility index (Phi) is 6.65. The lowest BCUT2D eigenvalue weighted by Crippen LogP contribution is -2.54. The summed E-state index contributed by atoms with van der Waals surface area (Å²) in [6.07, 6.45) is 6.81. The van der Waals surface area contributed by atoms with Gasteiger partial charge in [0.05, 0.1) is 6.04 Å². The third-order valence-electron chi connectivity index (χ3n) is 4.12. The van der Waals surface area contributed by atoms with Gasteiger partial charge in [-0.25, -0.2) is 0 Å². The number of likely N-dealkylation sites (N-methyl/N-ethyl adjacent to an activating group) is 1. The summed E-state index contributed by atoms with van der Waals surface area (Å²) in [5, 5.41) is 3.00. The number of nitrogens with zero attached hydrogens (tertiary/aromatic N) is 1. The van der Waals surface area contributed by atoms with E-state index in [9.17, 15) is 4.79 Å². The molecule has 3 N–H and O–H groups in total. The Morgan fingerprint density at radius 2 is 2.11 bits per heavy atom. The molecule has 0 saturated heterocycles. The number of rotatable bonds is 6. The molecule has 0 aromatic carbocycles. The molecule has 1 aliphatic rings. The van der Waals surface area contributed by atoms with E-state index < -0.39 is 0 Å². The van der Waals surface area contributed by atoms with Gasteiger partial charge in [-0.2, -0.15) is 0 Å². The summed E-state index contributed by atoms with van der Waals surface area (Å²) in [5.74, 6) is 0.128. The predicted octanol–water partition coefficient (Wildman–Crippen LogP) is 1.49. The van der Waals surface area contributed by atoms with Gasteiger partial charge >= 0.3 is 0 Å². The van der Waals surface area contributed by atoms with E-state index >= 15 is 0 Å². The molecule has 0 aliphatic heterocycles. The molecule has 0 bridgehead atoms. The summed E-state index contributed by atoms with van der Waals surface area (Å²) in [6, 6.07) is 0.483. The number of carbonyl (C=O) groups is 1. The molecule has 1 rings (SSSR count). The van der Waals surface area contributed by atoms with Crippen molar-refractivity contribution in [2.75, 3.05) is 13.6 Å². The minimum atomic E-state index is -0.0870. The van der Waals surface area contributed by atoms with Crippen LogP contribution >= 0.6 is 0 Å². The van der Waals surface area contributed by atoms with Crippen LogP contribution in [0.15, 0.2) is 0 Å². The fourth-order valence-electron chi connectivity index (χ4n) is 2.65. The second kappa shape index (κ2) is 7.74. The SMILES string of the molecule is CCCCNC(=O)C(C)N(C)C1CCCCC1N. The van der Waals surface area contributed by atoms with Crippen LogP contribution in [0.4, 0.5) is 0 Å². The first-order chi connectivity index (χ1) is 8.57. The van der Waals surface area contributed by atoms with Crippen molar-refractivity contribution in [2.45, 2.75) is 70.5 Å². The normalized spacial score (nSPS) is 26.1. The van der Waals surface area contributed by atoms with E-state index in [-0.39, 0.29) is 18.0 Å². The lowest BCUT2D eigenvalue weighted by Gasteiger charge is -2.38. The summed E-state index contributed by atoms with van der Waals surface area (Å²) < 4.78 is 0. The molecule has 18 heavy (non-hydrogen) atoms. The maximum absolute atomic E-state index is 12.0. The predicted molar refractivity (Wildman–Crippen MR) is 75.4 cm³/mol. The molecule has 1 aliphatic carbocycles. The summed E-state index contributed by atoms with van der Waals surface area (Å²) in [7, 11) is 2.03. The zero-order chi connectivity index (χ0) is 13.5. The van der Waals surface area contributed by atoms with E-state index in [1.807, 2.05) is 14.0 Å². The summed E-state index contributed by atoms with van der Waals surface area (Å²) in [4.78, 5) is 14.2. The van der Waals surface area contributed by atoms with Crippen molar-refractivity contribution < 1.29 is 4.79 Å². The molecule has 0 aromatic heterocycles. The topological polar surface area (TPSA) is 58.4 Å². The highest BCUT2D eigenvalue weighted by Gasteiger charge is 2.30. The van der Waals surface area contributed by atoms with E-state index in [1.54, 1.807) is 0 Å². The van der Waals surface area contributed by atoms with Gasteiger partial charge in [0.2, 0.25) is 5.91 Å². The highest BCUT2D eigenvalue weighted by molar-refractivity contribution is 5.81. The Labute approximate surface area is 111 Å². The minimum absolute atomic E-state index is 0.0870. The average Bonchev–Trinajstić information content (AvgIpc) is 2.38. The summed E-state index contributed by atoms with van der Waals surface area (Å²) in [6.45, 7) is 4.88. The van der Waals surface area contributed by atoms with Crippen molar-refractivity contribution >= 4 is 5.91 Å². The van der Waals surface area contributed by atoms with Crippen LogP contribution in [0.1, 0.15) is 52.4 Å². The van der Waals surface area contributed by atoms with E-state index in [1.165, 1.54) is 12.8 Å². The highest BCUT2D eigenvalue weighted by atomic mass is 16.2. The number of amides is 1. The van der Waals surface area contributed by atoms with Crippen molar-refractivity contribution in [3.63, 3.8) is 0 Å². The van der Waals surface area contributed by atoms with Gasteiger partial charge in [0.25, 0.3) is 0 Å². The standard InChI is InChI=1S/C14H29N3O/c1-4-5-10-16-14(18)11(2)17(3)13-9-7-6-8-12(13)15/h11-13H,4-10,15H2,1-3H3,(H,16,18). The molecule has 4 nitrogen and oxygen atoms in total. The number of nitrogens with one attached hydrogen (secondary N) is 1. The Morgan fingerprint density at radius 1 is 1.44 bits per heavy atom. The molecule has 1 fully saturated rings. The second-order valence-electron chi connectivity index (χ2n) is 5.50. The summed E-state index contributed by atoms with van der Waals surface area (Å²) in [5.41, 5.74) is 6.17. The molecular weight excluding hydrogens is 226 g/mol. The number of unbranched alkanes of at least 4 members (excludes halogenated alkanes) is 1. The fraction of sp³-hybridized carbons (Fsp3) is 0.929. The van der Waals surface area contributed by atoms with Gasteiger partial charge in [-0.3, -0.25) is 9.69 Å². The molecule has 1 saturated carbocycles. The van der Waals surface area contributed by atoms with Gasteiger partial charge < -0.3 is 11.1 Å². The van der Waals surface area contributed by atoms with Gasteiger partial charge in [-0.1, -0.05) is 26.2 Å². The lowest BCUT2D eigenvalue weighted by atomic mass is 9.89. The van der Waals surface area contributed by atoms with E-state index in [0.717, 1.165) is 32.2 Å². The molecule has 1 amide bonds. The van der Waals surface area contributed by atoms with Crippen molar-refractivity contribution in [3.05, 3.63) is 0 Å². The molecule has 0 heterocycles. The average molecular weight is 255 g/mol. The van der Waals surface area contributed by atoms with E-state index in [2.05, 4.69) is 17.1 Å². The van der Waals surface area contributed by atoms with Gasteiger partial charge in [-0.15, -0.1) is 0 Å². The van der Waals surface area contributed by atoms with Crippen LogP contribution in [-0.4, -0.2) is 42.5 Å². The van der Waals surface area contributed by atoms with Crippen molar-refractivity contribution in [1.82, 2.24) is 10.2 Å². The van der Waals surface area contributed by atoms with Gasteiger partial charge in [-0.05, 0) is 33.2 Å². The van der Waals surface area contributed by atoms with Crippen LogP contribution in [0.5, 0.6) is 0 Å². The maximum atomic E-state index is 12.0. The van der Waals surface area contributed by atoms with Crippen molar-refractivity contribution in [1.29, 1.82) is 0 Å². The third-order valence-corrected chi connectivity index (χ3v) is 4.12. The Hall–Kier alpha value is -0.610. The number of hydrogen-bond acceptors (Lipinski definition) is 3. The van der Waals surface area contributed by atoms with Crippen LogP contribution in [0.2, 0.25) is 0 Å². The molecule has 3 unspecified atom stereocenters. The van der Waals surface area contributed by atoms with Crippen LogP contribution in [-0.2, 0) is 4.79 Å². The van der Waals surface area contributed by atoms with Crippen LogP contribution < -0.4 is 11.1 Å². The van der Waals surface area contributed by atoms with Crippen molar-refractivity contribution in [3.8, 4) is 0 Å². The molecule has 4 heteroatoms. The van der Waals surface area contributed by atoms with E-state index in [4.69, 9.17) is 5.73 Å². The summed E-state index contributed by atoms with van der Waals surface area (Å²) >= 11 is 0. The van der Waals surface area contributed by atoms with Crippen LogP contribution in [0.25, 0.3) is 0 Å². The minimum Gasteiger partial charge on any atom is -0.355 e. The molecule has 106 valence electrons.